The van der Waals surface area contributed by atoms with Crippen LogP contribution in [0.1, 0.15) is 35.3 Å². The SMILES string of the molecule is OC(c1cccc(Br)c1Cl)C1CCc2cccnc21. The average Bonchev–Trinajstić information content (AvgIpc) is 2.85. The summed E-state index contributed by atoms with van der Waals surface area (Å²) in [4.78, 5) is 4.42. The monoisotopic (exact) mass is 337 g/mol. The minimum absolute atomic E-state index is 0.0306. The molecule has 2 unspecified atom stereocenters. The van der Waals surface area contributed by atoms with Gasteiger partial charge in [0, 0.05) is 27.8 Å². The predicted octanol–water partition coefficient (Wildman–Crippen LogP) is 4.26. The molecule has 0 fully saturated rings. The topological polar surface area (TPSA) is 33.1 Å². The molecule has 0 saturated carbocycles. The van der Waals surface area contributed by atoms with Crippen LogP contribution >= 0.6 is 27.5 Å². The molecule has 0 bridgehead atoms. The number of fused-ring (bicyclic) bond motifs is 1. The lowest BCUT2D eigenvalue weighted by Gasteiger charge is -2.20. The molecule has 0 aliphatic heterocycles. The molecule has 0 radical (unpaired) electrons. The van der Waals surface area contributed by atoms with Crippen LogP contribution in [0.3, 0.4) is 0 Å². The van der Waals surface area contributed by atoms with E-state index in [0.29, 0.717) is 5.02 Å². The molecule has 1 aliphatic rings. The second-order valence-corrected chi connectivity index (χ2v) is 6.01. The third-order valence-corrected chi connectivity index (χ3v) is 4.99. The van der Waals surface area contributed by atoms with Crippen molar-refractivity contribution >= 4 is 27.5 Å². The van der Waals surface area contributed by atoms with Gasteiger partial charge in [-0.25, -0.2) is 0 Å². The fourth-order valence-corrected chi connectivity index (χ4v) is 3.34. The Hall–Kier alpha value is -0.900. The summed E-state index contributed by atoms with van der Waals surface area (Å²) in [5, 5.41) is 11.2. The summed E-state index contributed by atoms with van der Waals surface area (Å²) in [6.07, 6.45) is 3.06. The minimum Gasteiger partial charge on any atom is -0.388 e. The van der Waals surface area contributed by atoms with Crippen molar-refractivity contribution in [1.29, 1.82) is 0 Å². The Kier molecular flexibility index (Phi) is 3.61. The normalized spacial score (nSPS) is 19.2. The van der Waals surface area contributed by atoms with Crippen LogP contribution in [0.15, 0.2) is 41.0 Å². The Labute approximate surface area is 125 Å². The molecule has 19 heavy (non-hydrogen) atoms. The smallest absolute Gasteiger partial charge is 0.0888 e. The molecule has 4 heteroatoms. The quantitative estimate of drug-likeness (QED) is 0.887. The number of hydrogen-bond donors (Lipinski definition) is 1. The highest BCUT2D eigenvalue weighted by atomic mass is 79.9. The van der Waals surface area contributed by atoms with Gasteiger partial charge in [-0.3, -0.25) is 4.98 Å². The second-order valence-electron chi connectivity index (χ2n) is 4.78. The molecule has 0 amide bonds. The summed E-state index contributed by atoms with van der Waals surface area (Å²) < 4.78 is 0.810. The number of aliphatic hydroxyl groups excluding tert-OH is 1. The third-order valence-electron chi connectivity index (χ3n) is 3.68. The van der Waals surface area contributed by atoms with E-state index in [2.05, 4.69) is 27.0 Å². The summed E-state index contributed by atoms with van der Waals surface area (Å²) in [7, 11) is 0. The van der Waals surface area contributed by atoms with E-state index >= 15 is 0 Å². The number of hydrogen-bond acceptors (Lipinski definition) is 2. The molecular formula is C15H13BrClNO. The van der Waals surface area contributed by atoms with E-state index in [1.807, 2.05) is 24.3 Å². The molecule has 1 heterocycles. The van der Waals surface area contributed by atoms with Crippen molar-refractivity contribution in [3.63, 3.8) is 0 Å². The Morgan fingerprint density at radius 2 is 2.16 bits per heavy atom. The molecule has 1 aromatic carbocycles. The summed E-state index contributed by atoms with van der Waals surface area (Å²) in [5.41, 5.74) is 3.00. The summed E-state index contributed by atoms with van der Waals surface area (Å²) >= 11 is 9.66. The second kappa shape index (κ2) is 5.23. The van der Waals surface area contributed by atoms with Crippen LogP contribution in [0.4, 0.5) is 0 Å². The van der Waals surface area contributed by atoms with Crippen molar-refractivity contribution in [2.45, 2.75) is 24.9 Å². The number of aliphatic hydroxyl groups is 1. The van der Waals surface area contributed by atoms with Gasteiger partial charge in [-0.2, -0.15) is 0 Å². The standard InChI is InChI=1S/C15H13BrClNO/c16-12-5-1-4-10(13(12)17)15(19)11-7-6-9-3-2-8-18-14(9)11/h1-5,8,11,15,19H,6-7H2. The van der Waals surface area contributed by atoms with E-state index in [4.69, 9.17) is 11.6 Å². The fourth-order valence-electron chi connectivity index (χ4n) is 2.72. The van der Waals surface area contributed by atoms with E-state index in [1.54, 1.807) is 6.20 Å². The van der Waals surface area contributed by atoms with Crippen molar-refractivity contribution < 1.29 is 5.11 Å². The van der Waals surface area contributed by atoms with Gasteiger partial charge < -0.3 is 5.11 Å². The van der Waals surface area contributed by atoms with E-state index < -0.39 is 6.10 Å². The van der Waals surface area contributed by atoms with Crippen molar-refractivity contribution in [2.24, 2.45) is 0 Å². The molecule has 98 valence electrons. The van der Waals surface area contributed by atoms with Gasteiger partial charge in [-0.15, -0.1) is 0 Å². The van der Waals surface area contributed by atoms with Crippen LogP contribution in [0.25, 0.3) is 0 Å². The van der Waals surface area contributed by atoms with E-state index in [9.17, 15) is 5.11 Å². The first-order valence-corrected chi connectivity index (χ1v) is 7.41. The number of rotatable bonds is 2. The number of aryl methyl sites for hydroxylation is 1. The molecule has 2 atom stereocenters. The van der Waals surface area contributed by atoms with Gasteiger partial charge in [0.25, 0.3) is 0 Å². The number of halogens is 2. The van der Waals surface area contributed by atoms with Crippen LogP contribution in [0, 0.1) is 0 Å². The maximum atomic E-state index is 10.6. The maximum absolute atomic E-state index is 10.6. The lowest BCUT2D eigenvalue weighted by molar-refractivity contribution is 0.143. The van der Waals surface area contributed by atoms with Gasteiger partial charge in [0.2, 0.25) is 0 Å². The van der Waals surface area contributed by atoms with Gasteiger partial charge in [0.05, 0.1) is 11.1 Å². The highest BCUT2D eigenvalue weighted by Crippen LogP contribution is 2.43. The third kappa shape index (κ3) is 2.31. The molecule has 3 rings (SSSR count). The van der Waals surface area contributed by atoms with Gasteiger partial charge in [0.15, 0.2) is 0 Å². The van der Waals surface area contributed by atoms with E-state index in [1.165, 1.54) is 5.56 Å². The largest absolute Gasteiger partial charge is 0.388 e. The molecule has 0 spiro atoms. The molecular weight excluding hydrogens is 326 g/mol. The van der Waals surface area contributed by atoms with Crippen LogP contribution < -0.4 is 0 Å². The molecule has 0 saturated heterocycles. The average molecular weight is 339 g/mol. The summed E-state index contributed by atoms with van der Waals surface area (Å²) in [6.45, 7) is 0. The highest BCUT2D eigenvalue weighted by Gasteiger charge is 2.31. The zero-order chi connectivity index (χ0) is 13.4. The Balaban J connectivity index is 1.98. The first-order chi connectivity index (χ1) is 9.18. The highest BCUT2D eigenvalue weighted by molar-refractivity contribution is 9.10. The first kappa shape index (κ1) is 13.1. The van der Waals surface area contributed by atoms with Crippen molar-refractivity contribution in [3.05, 3.63) is 62.8 Å². The molecule has 1 N–H and O–H groups in total. The Morgan fingerprint density at radius 3 is 3.00 bits per heavy atom. The van der Waals surface area contributed by atoms with Gasteiger partial charge in [-0.05, 0) is 46.5 Å². The lowest BCUT2D eigenvalue weighted by atomic mass is 9.93. The molecule has 1 aliphatic carbocycles. The minimum atomic E-state index is -0.610. The Bertz CT molecular complexity index is 617. The van der Waals surface area contributed by atoms with Crippen LogP contribution in [0.5, 0.6) is 0 Å². The fraction of sp³-hybridized carbons (Fsp3) is 0.267. The number of aromatic nitrogens is 1. The first-order valence-electron chi connectivity index (χ1n) is 6.24. The number of nitrogens with zero attached hydrogens (tertiary/aromatic N) is 1. The van der Waals surface area contributed by atoms with E-state index in [-0.39, 0.29) is 5.92 Å². The van der Waals surface area contributed by atoms with Crippen molar-refractivity contribution in [2.75, 3.05) is 0 Å². The molecule has 2 nitrogen and oxygen atoms in total. The summed E-state index contributed by atoms with van der Waals surface area (Å²) in [5.74, 6) is 0.0306. The molecule has 1 aromatic heterocycles. The van der Waals surface area contributed by atoms with Crippen LogP contribution in [-0.2, 0) is 6.42 Å². The summed E-state index contributed by atoms with van der Waals surface area (Å²) in [6, 6.07) is 9.66. The van der Waals surface area contributed by atoms with E-state index in [0.717, 1.165) is 28.6 Å². The van der Waals surface area contributed by atoms with Crippen LogP contribution in [0.2, 0.25) is 5.02 Å². The van der Waals surface area contributed by atoms with Crippen molar-refractivity contribution in [3.8, 4) is 0 Å². The number of pyridine rings is 1. The van der Waals surface area contributed by atoms with Gasteiger partial charge in [0.1, 0.15) is 0 Å². The van der Waals surface area contributed by atoms with Crippen LogP contribution in [-0.4, -0.2) is 10.1 Å². The van der Waals surface area contributed by atoms with Crippen molar-refractivity contribution in [1.82, 2.24) is 4.98 Å². The predicted molar refractivity (Wildman–Crippen MR) is 79.4 cm³/mol. The molecule has 2 aromatic rings. The van der Waals surface area contributed by atoms with Gasteiger partial charge in [-0.1, -0.05) is 29.8 Å². The lowest BCUT2D eigenvalue weighted by Crippen LogP contribution is -2.10. The number of benzene rings is 1. The maximum Gasteiger partial charge on any atom is 0.0888 e. The zero-order valence-electron chi connectivity index (χ0n) is 10.2. The zero-order valence-corrected chi connectivity index (χ0v) is 12.5. The Morgan fingerprint density at radius 1 is 1.32 bits per heavy atom. The van der Waals surface area contributed by atoms with Gasteiger partial charge >= 0.3 is 0 Å².